The Morgan fingerprint density at radius 2 is 1.74 bits per heavy atom. The summed E-state index contributed by atoms with van der Waals surface area (Å²) < 4.78 is 39.9. The highest BCUT2D eigenvalue weighted by Gasteiger charge is 2.30. The van der Waals surface area contributed by atoms with Gasteiger partial charge < -0.3 is 10.2 Å². The summed E-state index contributed by atoms with van der Waals surface area (Å²) in [4.78, 5) is 26.8. The van der Waals surface area contributed by atoms with Crippen molar-refractivity contribution in [3.8, 4) is 0 Å². The third-order valence-corrected chi connectivity index (χ3v) is 6.06. The van der Waals surface area contributed by atoms with Gasteiger partial charge in [0.2, 0.25) is 21.8 Å². The molecule has 2 aromatic rings. The fourth-order valence-electron chi connectivity index (χ4n) is 2.96. The van der Waals surface area contributed by atoms with Gasteiger partial charge in [-0.2, -0.15) is 0 Å². The van der Waals surface area contributed by atoms with Crippen LogP contribution in [-0.2, 0) is 26.2 Å². The Morgan fingerprint density at radius 1 is 1.13 bits per heavy atom. The minimum atomic E-state index is -3.88. The van der Waals surface area contributed by atoms with Crippen LogP contribution in [0.25, 0.3) is 0 Å². The molecule has 2 rings (SSSR count). The quantitative estimate of drug-likeness (QED) is 0.611. The van der Waals surface area contributed by atoms with Gasteiger partial charge in [-0.25, -0.2) is 12.8 Å². The molecule has 0 saturated carbocycles. The Hall–Kier alpha value is -2.65. The molecule has 0 fully saturated rings. The second-order valence-corrected chi connectivity index (χ2v) is 9.22. The molecule has 0 spiro atoms. The lowest BCUT2D eigenvalue weighted by molar-refractivity contribution is -0.139. The third-order valence-electron chi connectivity index (χ3n) is 4.62. The summed E-state index contributed by atoms with van der Waals surface area (Å²) in [6, 6.07) is 11.1. The zero-order chi connectivity index (χ0) is 23.2. The zero-order valence-corrected chi connectivity index (χ0v) is 19.1. The van der Waals surface area contributed by atoms with Gasteiger partial charge in [-0.3, -0.25) is 13.9 Å². The van der Waals surface area contributed by atoms with Crippen molar-refractivity contribution >= 4 is 39.1 Å². The molecule has 168 valence electrons. The van der Waals surface area contributed by atoms with Crippen LogP contribution in [0.15, 0.2) is 48.5 Å². The number of hydrogen-bond acceptors (Lipinski definition) is 4. The van der Waals surface area contributed by atoms with Gasteiger partial charge in [-0.1, -0.05) is 41.9 Å². The number of rotatable bonds is 9. The molecular weight excluding hydrogens is 445 g/mol. The monoisotopic (exact) mass is 469 g/mol. The van der Waals surface area contributed by atoms with Crippen LogP contribution in [0.2, 0.25) is 5.02 Å². The molecular formula is C21H25ClFN3O4S. The first-order valence-electron chi connectivity index (χ1n) is 9.59. The standard InChI is InChI=1S/C21H25ClFN3O4S/c1-4-24-21(28)15(2)25(13-16-9-5-7-11-18(16)23)20(27)14-26(31(3,29)30)19-12-8-6-10-17(19)22/h5-12,15H,4,13-14H2,1-3H3,(H,24,28). The maximum atomic E-state index is 14.2. The summed E-state index contributed by atoms with van der Waals surface area (Å²) in [5.41, 5.74) is 0.340. The number of likely N-dealkylation sites (N-methyl/N-ethyl adjacent to an activating group) is 1. The summed E-state index contributed by atoms with van der Waals surface area (Å²) in [5.74, 6) is -1.64. The number of nitrogens with one attached hydrogen (secondary N) is 1. The predicted octanol–water partition coefficient (Wildman–Crippen LogP) is 2.80. The third kappa shape index (κ3) is 6.41. The molecule has 0 saturated heterocycles. The lowest BCUT2D eigenvalue weighted by Gasteiger charge is -2.31. The van der Waals surface area contributed by atoms with E-state index in [9.17, 15) is 22.4 Å². The molecule has 2 aromatic carbocycles. The van der Waals surface area contributed by atoms with Crippen LogP contribution < -0.4 is 9.62 Å². The normalized spacial score (nSPS) is 12.2. The molecule has 31 heavy (non-hydrogen) atoms. The summed E-state index contributed by atoms with van der Waals surface area (Å²) in [5, 5.41) is 2.78. The van der Waals surface area contributed by atoms with E-state index < -0.39 is 40.2 Å². The highest BCUT2D eigenvalue weighted by molar-refractivity contribution is 7.92. The van der Waals surface area contributed by atoms with Crippen molar-refractivity contribution in [2.75, 3.05) is 23.7 Å². The summed E-state index contributed by atoms with van der Waals surface area (Å²) in [7, 11) is -3.88. The lowest BCUT2D eigenvalue weighted by Crippen LogP contribution is -2.51. The smallest absolute Gasteiger partial charge is 0.244 e. The van der Waals surface area contributed by atoms with Crippen LogP contribution in [0.5, 0.6) is 0 Å². The number of anilines is 1. The second kappa shape index (κ2) is 10.6. The second-order valence-electron chi connectivity index (χ2n) is 6.90. The highest BCUT2D eigenvalue weighted by atomic mass is 35.5. The van der Waals surface area contributed by atoms with Gasteiger partial charge in [-0.15, -0.1) is 0 Å². The lowest BCUT2D eigenvalue weighted by atomic mass is 10.1. The van der Waals surface area contributed by atoms with Crippen molar-refractivity contribution in [2.24, 2.45) is 0 Å². The van der Waals surface area contributed by atoms with E-state index >= 15 is 0 Å². The van der Waals surface area contributed by atoms with Gasteiger partial charge in [0.1, 0.15) is 18.4 Å². The number of carbonyl (C=O) groups is 2. The van der Waals surface area contributed by atoms with Gasteiger partial charge in [0.15, 0.2) is 0 Å². The molecule has 0 radical (unpaired) electrons. The van der Waals surface area contributed by atoms with Crippen molar-refractivity contribution < 1.29 is 22.4 Å². The van der Waals surface area contributed by atoms with E-state index in [-0.39, 0.29) is 22.8 Å². The van der Waals surface area contributed by atoms with E-state index in [2.05, 4.69) is 5.32 Å². The maximum absolute atomic E-state index is 14.2. The van der Waals surface area contributed by atoms with E-state index in [4.69, 9.17) is 11.6 Å². The van der Waals surface area contributed by atoms with Crippen molar-refractivity contribution in [2.45, 2.75) is 26.4 Å². The molecule has 2 amide bonds. The number of para-hydroxylation sites is 1. The molecule has 7 nitrogen and oxygen atoms in total. The molecule has 0 bridgehead atoms. The summed E-state index contributed by atoms with van der Waals surface area (Å²) >= 11 is 6.15. The predicted molar refractivity (Wildman–Crippen MR) is 119 cm³/mol. The molecule has 1 N–H and O–H groups in total. The number of benzene rings is 2. The average molecular weight is 470 g/mol. The first-order chi connectivity index (χ1) is 14.6. The fourth-order valence-corrected chi connectivity index (χ4v) is 4.11. The van der Waals surface area contributed by atoms with Crippen LogP contribution in [0.4, 0.5) is 10.1 Å². The number of carbonyl (C=O) groups excluding carboxylic acids is 2. The topological polar surface area (TPSA) is 86.8 Å². The number of nitrogens with zero attached hydrogens (tertiary/aromatic N) is 2. The van der Waals surface area contributed by atoms with Gasteiger partial charge in [-0.05, 0) is 32.0 Å². The van der Waals surface area contributed by atoms with Crippen LogP contribution in [0.3, 0.4) is 0 Å². The van der Waals surface area contributed by atoms with Gasteiger partial charge in [0.05, 0.1) is 17.0 Å². The van der Waals surface area contributed by atoms with Crippen molar-refractivity contribution in [3.05, 3.63) is 64.9 Å². The average Bonchev–Trinajstić information content (AvgIpc) is 2.71. The molecule has 0 aromatic heterocycles. The number of sulfonamides is 1. The number of halogens is 2. The fraction of sp³-hybridized carbons (Fsp3) is 0.333. The zero-order valence-electron chi connectivity index (χ0n) is 17.5. The van der Waals surface area contributed by atoms with Crippen LogP contribution in [-0.4, -0.2) is 50.5 Å². The first-order valence-corrected chi connectivity index (χ1v) is 11.8. The van der Waals surface area contributed by atoms with Gasteiger partial charge in [0.25, 0.3) is 0 Å². The Labute approximate surface area is 186 Å². The Bertz CT molecular complexity index is 1050. The molecule has 0 heterocycles. The van der Waals surface area contributed by atoms with E-state index in [0.29, 0.717) is 6.54 Å². The van der Waals surface area contributed by atoms with Gasteiger partial charge in [0, 0.05) is 18.7 Å². The molecule has 1 atom stereocenters. The highest BCUT2D eigenvalue weighted by Crippen LogP contribution is 2.27. The Balaban J connectivity index is 2.41. The van der Waals surface area contributed by atoms with E-state index in [1.165, 1.54) is 37.3 Å². The molecule has 0 aliphatic carbocycles. The number of hydrogen-bond donors (Lipinski definition) is 1. The SMILES string of the molecule is CCNC(=O)C(C)N(Cc1ccccc1F)C(=O)CN(c1ccccc1Cl)S(C)(=O)=O. The minimum absolute atomic E-state index is 0.136. The minimum Gasteiger partial charge on any atom is -0.355 e. The molecule has 1 unspecified atom stereocenters. The van der Waals surface area contributed by atoms with Crippen LogP contribution >= 0.6 is 11.6 Å². The summed E-state index contributed by atoms with van der Waals surface area (Å²) in [6.07, 6.45) is 0.956. The van der Waals surface area contributed by atoms with Crippen LogP contribution in [0.1, 0.15) is 19.4 Å². The van der Waals surface area contributed by atoms with E-state index in [1.54, 1.807) is 25.1 Å². The Morgan fingerprint density at radius 3 is 2.32 bits per heavy atom. The summed E-state index contributed by atoms with van der Waals surface area (Å²) in [6.45, 7) is 2.78. The molecule has 10 heteroatoms. The first kappa shape index (κ1) is 24.6. The molecule has 0 aliphatic rings. The Kier molecular flexibility index (Phi) is 8.41. The number of amides is 2. The molecule has 0 aliphatic heterocycles. The van der Waals surface area contributed by atoms with Crippen LogP contribution in [0, 0.1) is 5.82 Å². The van der Waals surface area contributed by atoms with E-state index in [0.717, 1.165) is 15.5 Å². The van der Waals surface area contributed by atoms with E-state index in [1.807, 2.05) is 0 Å². The largest absolute Gasteiger partial charge is 0.355 e. The van der Waals surface area contributed by atoms with Gasteiger partial charge >= 0.3 is 0 Å². The van der Waals surface area contributed by atoms with Crippen molar-refractivity contribution in [1.82, 2.24) is 10.2 Å². The maximum Gasteiger partial charge on any atom is 0.244 e. The van der Waals surface area contributed by atoms with Crippen molar-refractivity contribution in [1.29, 1.82) is 0 Å². The van der Waals surface area contributed by atoms with Crippen molar-refractivity contribution in [3.63, 3.8) is 0 Å².